The largest absolute Gasteiger partial charge is 0.464 e. The lowest BCUT2D eigenvalue weighted by molar-refractivity contribution is -0.118. The molecule has 34 heavy (non-hydrogen) atoms. The molecule has 9 heteroatoms. The summed E-state index contributed by atoms with van der Waals surface area (Å²) in [5, 5.41) is 12.6. The average molecular weight is 488 g/mol. The van der Waals surface area contributed by atoms with E-state index < -0.39 is 5.97 Å². The zero-order valence-electron chi connectivity index (χ0n) is 20.3. The third kappa shape index (κ3) is 9.33. The number of nitrogens with zero attached hydrogens (tertiary/aromatic N) is 2. The number of hydrogen-bond donors (Lipinski definition) is 2. The second kappa shape index (κ2) is 14.8. The van der Waals surface area contributed by atoms with Crippen LogP contribution in [-0.2, 0) is 14.3 Å². The van der Waals surface area contributed by atoms with Crippen LogP contribution in [0.3, 0.4) is 0 Å². The number of nitrogens with one attached hydrogen (secondary N) is 1. The van der Waals surface area contributed by atoms with Crippen LogP contribution in [0.2, 0.25) is 0 Å². The van der Waals surface area contributed by atoms with E-state index >= 15 is 0 Å². The Hall–Kier alpha value is -3.22. The van der Waals surface area contributed by atoms with Crippen LogP contribution in [0, 0.1) is 18.3 Å². The van der Waals surface area contributed by atoms with Gasteiger partial charge in [-0.05, 0) is 38.3 Å². The SMILES string of the molecule is C#Cc1cccc(-c2nc(C(=O)OC)c(NC(=O)C3CC3)s2)c1.CC.CC(O)CCN(C)C=O. The van der Waals surface area contributed by atoms with E-state index in [1.165, 1.54) is 23.3 Å². The standard InChI is InChI=1S/C17H14N2O3S.C6H13NO2.C2H6/c1-3-10-5-4-6-12(9-10)15-18-13(17(21)22-2)16(23-15)19-14(20)11-7-8-11;1-6(9)3-4-7(2)5-8;1-2/h1,4-6,9,11H,7-8H2,2H3,(H,19,20);5-6,9H,3-4H2,1-2H3;1-2H3. The zero-order valence-corrected chi connectivity index (χ0v) is 21.1. The van der Waals surface area contributed by atoms with Crippen LogP contribution in [0.25, 0.3) is 10.6 Å². The molecule has 1 aromatic carbocycles. The number of ether oxygens (including phenoxy) is 1. The Bertz CT molecular complexity index is 993. The summed E-state index contributed by atoms with van der Waals surface area (Å²) in [5.41, 5.74) is 1.64. The lowest BCUT2D eigenvalue weighted by atomic mass is 10.1. The predicted octanol–water partition coefficient (Wildman–Crippen LogP) is 3.80. The van der Waals surface area contributed by atoms with Gasteiger partial charge in [0.25, 0.3) is 0 Å². The van der Waals surface area contributed by atoms with Gasteiger partial charge in [0, 0.05) is 30.6 Å². The van der Waals surface area contributed by atoms with Crippen molar-refractivity contribution in [1.29, 1.82) is 0 Å². The van der Waals surface area contributed by atoms with Gasteiger partial charge in [-0.3, -0.25) is 9.59 Å². The molecular weight excluding hydrogens is 454 g/mol. The van der Waals surface area contributed by atoms with Crippen molar-refractivity contribution in [2.24, 2.45) is 5.92 Å². The van der Waals surface area contributed by atoms with Crippen molar-refractivity contribution in [3.8, 4) is 22.9 Å². The van der Waals surface area contributed by atoms with Gasteiger partial charge in [-0.1, -0.05) is 43.2 Å². The first-order chi connectivity index (χ1) is 16.3. The maximum absolute atomic E-state index is 12.0. The fraction of sp³-hybridized carbons (Fsp3) is 0.440. The number of hydrogen-bond acceptors (Lipinski definition) is 7. The number of anilines is 1. The Balaban J connectivity index is 0.000000446. The fourth-order valence-corrected chi connectivity index (χ4v) is 3.46. The molecule has 2 N–H and O–H groups in total. The van der Waals surface area contributed by atoms with Gasteiger partial charge in [-0.2, -0.15) is 0 Å². The molecule has 8 nitrogen and oxygen atoms in total. The molecule has 0 radical (unpaired) electrons. The summed E-state index contributed by atoms with van der Waals surface area (Å²) in [6, 6.07) is 7.31. The van der Waals surface area contributed by atoms with Crippen molar-refractivity contribution in [2.45, 2.75) is 46.1 Å². The van der Waals surface area contributed by atoms with Crippen molar-refractivity contribution in [3.63, 3.8) is 0 Å². The van der Waals surface area contributed by atoms with E-state index in [-0.39, 0.29) is 23.6 Å². The highest BCUT2D eigenvalue weighted by Crippen LogP contribution is 2.35. The summed E-state index contributed by atoms with van der Waals surface area (Å²) in [6.07, 6.45) is 8.27. The molecule has 2 amide bonds. The minimum absolute atomic E-state index is 0.0378. The minimum Gasteiger partial charge on any atom is -0.464 e. The van der Waals surface area contributed by atoms with Gasteiger partial charge < -0.3 is 20.1 Å². The molecule has 1 atom stereocenters. The molecule has 2 aromatic rings. The van der Waals surface area contributed by atoms with Gasteiger partial charge >= 0.3 is 5.97 Å². The monoisotopic (exact) mass is 487 g/mol. The lowest BCUT2D eigenvalue weighted by Gasteiger charge is -2.10. The first kappa shape index (κ1) is 28.8. The predicted molar refractivity (Wildman–Crippen MR) is 135 cm³/mol. The highest BCUT2D eigenvalue weighted by Gasteiger charge is 2.31. The molecule has 0 spiro atoms. The minimum atomic E-state index is -0.577. The Morgan fingerprint density at radius 2 is 2.09 bits per heavy atom. The van der Waals surface area contributed by atoms with E-state index in [2.05, 4.69) is 16.2 Å². The van der Waals surface area contributed by atoms with Crippen molar-refractivity contribution >= 4 is 34.6 Å². The summed E-state index contributed by atoms with van der Waals surface area (Å²) in [7, 11) is 2.97. The number of aromatic nitrogens is 1. The molecule has 1 aromatic heterocycles. The number of amides is 2. The average Bonchev–Trinajstić information content (AvgIpc) is 3.64. The fourth-order valence-electron chi connectivity index (χ4n) is 2.51. The van der Waals surface area contributed by atoms with Crippen molar-refractivity contribution in [3.05, 3.63) is 35.5 Å². The number of esters is 1. The smallest absolute Gasteiger partial charge is 0.359 e. The van der Waals surface area contributed by atoms with Crippen molar-refractivity contribution in [2.75, 3.05) is 26.0 Å². The summed E-state index contributed by atoms with van der Waals surface area (Å²) < 4.78 is 4.75. The Morgan fingerprint density at radius 3 is 2.62 bits per heavy atom. The van der Waals surface area contributed by atoms with Crippen molar-refractivity contribution in [1.82, 2.24) is 9.88 Å². The number of methoxy groups -OCH3 is 1. The maximum Gasteiger partial charge on any atom is 0.359 e. The van der Waals surface area contributed by atoms with Crippen LogP contribution in [0.4, 0.5) is 5.00 Å². The third-order valence-electron chi connectivity index (χ3n) is 4.55. The van der Waals surface area contributed by atoms with Gasteiger partial charge in [-0.25, -0.2) is 9.78 Å². The lowest BCUT2D eigenvalue weighted by Crippen LogP contribution is -2.20. The quantitative estimate of drug-likeness (QED) is 0.333. The molecule has 1 aliphatic carbocycles. The van der Waals surface area contributed by atoms with Gasteiger partial charge in [-0.15, -0.1) is 6.42 Å². The van der Waals surface area contributed by atoms with E-state index in [0.717, 1.165) is 30.4 Å². The Morgan fingerprint density at radius 1 is 1.41 bits per heavy atom. The second-order valence-corrected chi connectivity index (χ2v) is 8.40. The highest BCUT2D eigenvalue weighted by molar-refractivity contribution is 7.19. The number of aliphatic hydroxyl groups is 1. The first-order valence-corrected chi connectivity index (χ1v) is 11.9. The van der Waals surface area contributed by atoms with Gasteiger partial charge in [0.2, 0.25) is 12.3 Å². The molecule has 184 valence electrons. The molecule has 0 bridgehead atoms. The van der Waals surface area contributed by atoms with Crippen LogP contribution in [0.1, 0.15) is 56.1 Å². The molecule has 1 aliphatic rings. The Kier molecular flexibility index (Phi) is 12.6. The van der Waals surface area contributed by atoms with Crippen LogP contribution < -0.4 is 5.32 Å². The number of thiazole rings is 1. The van der Waals surface area contributed by atoms with E-state index in [4.69, 9.17) is 16.3 Å². The summed E-state index contributed by atoms with van der Waals surface area (Å²) in [5.74, 6) is 1.94. The van der Waals surface area contributed by atoms with E-state index in [1.807, 2.05) is 38.1 Å². The zero-order chi connectivity index (χ0) is 25.7. The first-order valence-electron chi connectivity index (χ1n) is 11.1. The van der Waals surface area contributed by atoms with Crippen molar-refractivity contribution < 1.29 is 24.2 Å². The second-order valence-electron chi connectivity index (χ2n) is 7.40. The Labute approximate surface area is 205 Å². The van der Waals surface area contributed by atoms with Crippen LogP contribution >= 0.6 is 11.3 Å². The third-order valence-corrected chi connectivity index (χ3v) is 5.57. The number of aliphatic hydroxyl groups excluding tert-OH is 1. The van der Waals surface area contributed by atoms with E-state index in [0.29, 0.717) is 23.0 Å². The van der Waals surface area contributed by atoms with Gasteiger partial charge in [0.15, 0.2) is 5.69 Å². The number of terminal acetylenes is 1. The summed E-state index contributed by atoms with van der Waals surface area (Å²) in [6.45, 7) is 6.33. The van der Waals surface area contributed by atoms with Gasteiger partial charge in [0.05, 0.1) is 13.2 Å². The molecule has 3 rings (SSSR count). The van der Waals surface area contributed by atoms with Gasteiger partial charge in [0.1, 0.15) is 10.0 Å². The normalized spacial score (nSPS) is 12.5. The molecule has 1 unspecified atom stereocenters. The number of benzene rings is 1. The topological polar surface area (TPSA) is 109 Å². The summed E-state index contributed by atoms with van der Waals surface area (Å²) in [4.78, 5) is 39.7. The number of carbonyl (C=O) groups excluding carboxylic acids is 3. The van der Waals surface area contributed by atoms with E-state index in [9.17, 15) is 14.4 Å². The van der Waals surface area contributed by atoms with E-state index in [1.54, 1.807) is 14.0 Å². The summed E-state index contributed by atoms with van der Waals surface area (Å²) >= 11 is 1.24. The molecule has 1 saturated carbocycles. The number of carbonyl (C=O) groups is 3. The van der Waals surface area contributed by atoms with Crippen LogP contribution in [-0.4, -0.2) is 60.1 Å². The highest BCUT2D eigenvalue weighted by atomic mass is 32.1. The number of rotatable bonds is 8. The van der Waals surface area contributed by atoms with Crippen LogP contribution in [0.5, 0.6) is 0 Å². The molecular formula is C25H33N3O5S. The molecule has 1 heterocycles. The molecule has 0 aliphatic heterocycles. The molecule has 1 fully saturated rings. The van der Waals surface area contributed by atoms with Crippen LogP contribution in [0.15, 0.2) is 24.3 Å². The molecule has 0 saturated heterocycles. The maximum atomic E-state index is 12.0.